The minimum atomic E-state index is -0.651. The number of ether oxygens (including phenoxy) is 5. The highest BCUT2D eigenvalue weighted by Crippen LogP contribution is 2.46. The number of carbonyl (C=O) groups is 3. The van der Waals surface area contributed by atoms with E-state index in [0.29, 0.717) is 45.9 Å². The van der Waals surface area contributed by atoms with Crippen LogP contribution in [-0.4, -0.2) is 59.4 Å². The normalized spacial score (nSPS) is 18.7. The quantitative estimate of drug-likeness (QED) is 0.376. The Kier molecular flexibility index (Phi) is 8.71. The van der Waals surface area contributed by atoms with E-state index >= 15 is 0 Å². The molecule has 1 heterocycles. The number of allylic oxidation sites excluding steroid dienone is 3. The Labute approximate surface area is 227 Å². The Balaban J connectivity index is 1.74. The molecule has 0 bridgehead atoms. The van der Waals surface area contributed by atoms with Crippen molar-refractivity contribution >= 4 is 17.7 Å². The van der Waals surface area contributed by atoms with E-state index < -0.39 is 17.9 Å². The van der Waals surface area contributed by atoms with Crippen LogP contribution in [0.15, 0.2) is 65.0 Å². The molecule has 2 atom stereocenters. The highest BCUT2D eigenvalue weighted by Gasteiger charge is 2.41. The highest BCUT2D eigenvalue weighted by molar-refractivity contribution is 6.04. The molecule has 1 aliphatic heterocycles. The fourth-order valence-electron chi connectivity index (χ4n) is 5.21. The Morgan fingerprint density at radius 2 is 1.56 bits per heavy atom. The number of Topliss-reactive ketones (excluding diaryl/α,β-unsaturated/α-hetero) is 1. The maximum atomic E-state index is 13.8. The van der Waals surface area contributed by atoms with E-state index in [1.165, 1.54) is 14.2 Å². The third kappa shape index (κ3) is 5.68. The number of ketones is 1. The molecule has 39 heavy (non-hydrogen) atoms. The average Bonchev–Trinajstić information content (AvgIpc) is 2.95. The van der Waals surface area contributed by atoms with Gasteiger partial charge in [-0.15, -0.1) is 0 Å². The summed E-state index contributed by atoms with van der Waals surface area (Å²) in [7, 11) is 6.00. The van der Waals surface area contributed by atoms with Crippen LogP contribution < -0.4 is 14.8 Å². The molecule has 1 aliphatic carbocycles. The molecule has 0 fully saturated rings. The zero-order valence-corrected chi connectivity index (χ0v) is 22.8. The summed E-state index contributed by atoms with van der Waals surface area (Å²) in [4.78, 5) is 39.1. The van der Waals surface area contributed by atoms with Crippen LogP contribution in [0.4, 0.5) is 0 Å². The number of hydrogen-bond donors (Lipinski definition) is 1. The number of dihydropyridines is 1. The van der Waals surface area contributed by atoms with Gasteiger partial charge in [0.25, 0.3) is 0 Å². The summed E-state index contributed by atoms with van der Waals surface area (Å²) in [5, 5.41) is 3.34. The lowest BCUT2D eigenvalue weighted by Gasteiger charge is -2.36. The van der Waals surface area contributed by atoms with Gasteiger partial charge in [0.05, 0.1) is 39.1 Å². The van der Waals surface area contributed by atoms with Gasteiger partial charge in [0.2, 0.25) is 0 Å². The second-order valence-electron chi connectivity index (χ2n) is 9.37. The molecule has 0 radical (unpaired) electrons. The number of nitrogens with one attached hydrogen (secondary N) is 1. The van der Waals surface area contributed by atoms with Gasteiger partial charge in [0.15, 0.2) is 17.3 Å². The van der Waals surface area contributed by atoms with E-state index in [9.17, 15) is 14.4 Å². The molecule has 0 saturated carbocycles. The second kappa shape index (κ2) is 12.2. The van der Waals surface area contributed by atoms with Crippen molar-refractivity contribution < 1.29 is 38.1 Å². The molecule has 2 aliphatic rings. The van der Waals surface area contributed by atoms with Crippen molar-refractivity contribution in [1.82, 2.24) is 5.32 Å². The molecule has 1 N–H and O–H groups in total. The number of carbonyl (C=O) groups excluding carboxylic acids is 3. The summed E-state index contributed by atoms with van der Waals surface area (Å²) < 4.78 is 26.1. The molecule has 206 valence electrons. The lowest BCUT2D eigenvalue weighted by molar-refractivity contribution is -0.140. The maximum Gasteiger partial charge on any atom is 0.337 e. The molecule has 0 amide bonds. The molecule has 9 nitrogen and oxygen atoms in total. The van der Waals surface area contributed by atoms with Crippen molar-refractivity contribution in [2.45, 2.75) is 31.6 Å². The number of esters is 2. The summed E-state index contributed by atoms with van der Waals surface area (Å²) in [6.45, 7) is 2.14. The molecule has 0 spiro atoms. The number of benzene rings is 2. The predicted molar refractivity (Wildman–Crippen MR) is 143 cm³/mol. The van der Waals surface area contributed by atoms with Gasteiger partial charge >= 0.3 is 11.9 Å². The van der Waals surface area contributed by atoms with Crippen LogP contribution >= 0.6 is 0 Å². The SMILES string of the molecule is COCCOC(=O)C1=C(C)NC2=C(C(=O)C[C@@H](c3ccc(OC)c(OC)c3)C2)[C@@H]1c1ccc(C(=O)OC)cc1. The molecule has 9 heteroatoms. The van der Waals surface area contributed by atoms with Gasteiger partial charge in [-0.1, -0.05) is 18.2 Å². The minimum Gasteiger partial charge on any atom is -0.493 e. The van der Waals surface area contributed by atoms with Crippen molar-refractivity contribution in [2.75, 3.05) is 41.7 Å². The van der Waals surface area contributed by atoms with E-state index in [4.69, 9.17) is 23.7 Å². The first-order valence-electron chi connectivity index (χ1n) is 12.6. The van der Waals surface area contributed by atoms with Gasteiger partial charge < -0.3 is 29.0 Å². The summed E-state index contributed by atoms with van der Waals surface area (Å²) in [6, 6.07) is 12.4. The van der Waals surface area contributed by atoms with Gasteiger partial charge in [-0.25, -0.2) is 9.59 Å². The predicted octanol–water partition coefficient (Wildman–Crippen LogP) is 4.04. The van der Waals surface area contributed by atoms with Gasteiger partial charge in [-0.2, -0.15) is 0 Å². The molecule has 4 rings (SSSR count). The Hall–Kier alpha value is -4.11. The fourth-order valence-corrected chi connectivity index (χ4v) is 5.21. The summed E-state index contributed by atoms with van der Waals surface area (Å²) >= 11 is 0. The van der Waals surface area contributed by atoms with E-state index in [1.807, 2.05) is 18.2 Å². The lowest BCUT2D eigenvalue weighted by Crippen LogP contribution is -2.36. The maximum absolute atomic E-state index is 13.8. The first kappa shape index (κ1) is 27.9. The van der Waals surface area contributed by atoms with Gasteiger partial charge in [0, 0.05) is 36.4 Å². The third-order valence-corrected chi connectivity index (χ3v) is 7.11. The average molecular weight is 536 g/mol. The second-order valence-corrected chi connectivity index (χ2v) is 9.37. The van der Waals surface area contributed by atoms with E-state index in [1.54, 1.807) is 45.4 Å². The smallest absolute Gasteiger partial charge is 0.337 e. The molecule has 0 unspecified atom stereocenters. The van der Waals surface area contributed by atoms with Gasteiger partial charge in [0.1, 0.15) is 6.61 Å². The van der Waals surface area contributed by atoms with Crippen molar-refractivity contribution in [3.05, 3.63) is 81.7 Å². The lowest BCUT2D eigenvalue weighted by atomic mass is 9.71. The fraction of sp³-hybridized carbons (Fsp3) is 0.367. The Bertz CT molecular complexity index is 1320. The van der Waals surface area contributed by atoms with E-state index in [0.717, 1.165) is 11.3 Å². The topological polar surface area (TPSA) is 109 Å². The van der Waals surface area contributed by atoms with Crippen molar-refractivity contribution in [3.63, 3.8) is 0 Å². The molecular weight excluding hydrogens is 502 g/mol. The molecule has 2 aromatic carbocycles. The molecular formula is C30H33NO8. The zero-order valence-electron chi connectivity index (χ0n) is 22.8. The summed E-state index contributed by atoms with van der Waals surface area (Å²) in [6.07, 6.45) is 0.828. The van der Waals surface area contributed by atoms with Gasteiger partial charge in [-0.3, -0.25) is 4.79 Å². The van der Waals surface area contributed by atoms with Crippen LogP contribution in [0.3, 0.4) is 0 Å². The largest absolute Gasteiger partial charge is 0.493 e. The van der Waals surface area contributed by atoms with Crippen LogP contribution in [0.1, 0.15) is 53.1 Å². The van der Waals surface area contributed by atoms with Crippen LogP contribution in [-0.2, 0) is 23.8 Å². The highest BCUT2D eigenvalue weighted by atomic mass is 16.6. The molecule has 0 saturated heterocycles. The molecule has 2 aromatic rings. The Morgan fingerprint density at radius 3 is 2.21 bits per heavy atom. The van der Waals surface area contributed by atoms with Crippen molar-refractivity contribution in [2.24, 2.45) is 0 Å². The monoisotopic (exact) mass is 535 g/mol. The zero-order chi connectivity index (χ0) is 28.1. The standard InChI is InChI=1S/C30H33NO8/c1-17-26(30(34)39-13-12-35-2)27(18-6-8-19(9-7-18)29(33)38-5)28-22(31-17)14-21(15-23(28)32)20-10-11-24(36-3)25(16-20)37-4/h6-11,16,21,27,31H,12-15H2,1-5H3/t21-,27+/m0/s1. The number of rotatable bonds is 9. The van der Waals surface area contributed by atoms with Crippen LogP contribution in [0.2, 0.25) is 0 Å². The summed E-state index contributed by atoms with van der Waals surface area (Å²) in [5.41, 5.74) is 4.29. The molecule has 0 aromatic heterocycles. The van der Waals surface area contributed by atoms with E-state index in [2.05, 4.69) is 5.32 Å². The van der Waals surface area contributed by atoms with Crippen LogP contribution in [0, 0.1) is 0 Å². The van der Waals surface area contributed by atoms with Crippen LogP contribution in [0.25, 0.3) is 0 Å². The third-order valence-electron chi connectivity index (χ3n) is 7.11. The number of hydrogen-bond acceptors (Lipinski definition) is 9. The summed E-state index contributed by atoms with van der Waals surface area (Å²) in [5.74, 6) is -0.592. The van der Waals surface area contributed by atoms with Crippen molar-refractivity contribution in [3.8, 4) is 11.5 Å². The van der Waals surface area contributed by atoms with Crippen molar-refractivity contribution in [1.29, 1.82) is 0 Å². The number of methoxy groups -OCH3 is 4. The van der Waals surface area contributed by atoms with Crippen LogP contribution in [0.5, 0.6) is 11.5 Å². The van der Waals surface area contributed by atoms with Gasteiger partial charge in [-0.05, 0) is 54.7 Å². The first-order valence-corrected chi connectivity index (χ1v) is 12.6. The minimum absolute atomic E-state index is 0.0692. The Morgan fingerprint density at radius 1 is 0.872 bits per heavy atom. The van der Waals surface area contributed by atoms with E-state index in [-0.39, 0.29) is 31.3 Å². The first-order chi connectivity index (χ1) is 18.8.